The second kappa shape index (κ2) is 4.50. The zero-order valence-electron chi connectivity index (χ0n) is 8.76. The second-order valence-corrected chi connectivity index (χ2v) is 6.57. The minimum atomic E-state index is -3.79. The van der Waals surface area contributed by atoms with Crippen molar-refractivity contribution >= 4 is 20.0 Å². The van der Waals surface area contributed by atoms with Crippen molar-refractivity contribution in [3.8, 4) is 0 Å². The fourth-order valence-electron chi connectivity index (χ4n) is 1.11. The lowest BCUT2D eigenvalue weighted by molar-refractivity contribution is 0.574. The van der Waals surface area contributed by atoms with Gasteiger partial charge in [0.2, 0.25) is 20.0 Å². The fourth-order valence-corrected chi connectivity index (χ4v) is 3.39. The van der Waals surface area contributed by atoms with Crippen LogP contribution in [0.15, 0.2) is 34.1 Å². The van der Waals surface area contributed by atoms with E-state index in [1.807, 2.05) is 0 Å². The Hall–Kier alpha value is -0.960. The zero-order chi connectivity index (χ0) is 12.4. The predicted molar refractivity (Wildman–Crippen MR) is 58.9 cm³/mol. The van der Waals surface area contributed by atoms with Gasteiger partial charge in [0.05, 0.1) is 0 Å². The third-order valence-corrected chi connectivity index (χ3v) is 5.04. The Labute approximate surface area is 94.8 Å². The van der Waals surface area contributed by atoms with Crippen molar-refractivity contribution in [2.75, 3.05) is 14.1 Å². The lowest BCUT2D eigenvalue weighted by Crippen LogP contribution is -2.25. The third-order valence-electron chi connectivity index (χ3n) is 1.97. The molecule has 0 aromatic heterocycles. The summed E-state index contributed by atoms with van der Waals surface area (Å²) in [6.45, 7) is 0. The molecular weight excluding hydrogens is 252 g/mol. The highest BCUT2D eigenvalue weighted by atomic mass is 32.2. The number of hydrogen-bond acceptors (Lipinski definition) is 4. The number of sulfonamides is 2. The number of hydrogen-bond donors (Lipinski definition) is 2. The van der Waals surface area contributed by atoms with E-state index in [0.717, 1.165) is 0 Å². The van der Waals surface area contributed by atoms with Gasteiger partial charge >= 0.3 is 0 Å². The first-order valence-corrected chi connectivity index (χ1v) is 7.28. The van der Waals surface area contributed by atoms with Crippen molar-refractivity contribution in [2.45, 2.75) is 9.79 Å². The summed E-state index contributed by atoms with van der Waals surface area (Å²) in [5.74, 6) is 0. The molecule has 0 spiro atoms. The molecule has 90 valence electrons. The first kappa shape index (κ1) is 13.1. The highest BCUT2D eigenvalue weighted by Gasteiger charge is 2.23. The lowest BCUT2D eigenvalue weighted by atomic mass is 10.4. The first-order chi connectivity index (χ1) is 7.35. The third kappa shape index (κ3) is 2.40. The summed E-state index contributed by atoms with van der Waals surface area (Å²) in [5, 5.41) is 0. The van der Waals surface area contributed by atoms with Crippen LogP contribution in [0, 0.1) is 0 Å². The quantitative estimate of drug-likeness (QED) is 0.767. The highest BCUT2D eigenvalue weighted by Crippen LogP contribution is 2.19. The van der Waals surface area contributed by atoms with E-state index in [2.05, 4.69) is 9.44 Å². The molecule has 0 saturated carbocycles. The molecular formula is C8H12N2O4S2. The number of nitrogens with one attached hydrogen (secondary N) is 2. The van der Waals surface area contributed by atoms with Crippen molar-refractivity contribution < 1.29 is 16.8 Å². The van der Waals surface area contributed by atoms with E-state index in [1.54, 1.807) is 0 Å². The molecule has 1 rings (SSSR count). The molecule has 0 fully saturated rings. The van der Waals surface area contributed by atoms with Crippen molar-refractivity contribution in [3.05, 3.63) is 24.3 Å². The van der Waals surface area contributed by atoms with Gasteiger partial charge in [-0.2, -0.15) is 0 Å². The SMILES string of the molecule is CNS(=O)(=O)c1ccccc1S(=O)(=O)NC. The van der Waals surface area contributed by atoms with E-state index in [4.69, 9.17) is 0 Å². The number of rotatable bonds is 4. The topological polar surface area (TPSA) is 92.3 Å². The number of benzene rings is 1. The van der Waals surface area contributed by atoms with Gasteiger partial charge in [0.15, 0.2) is 0 Å². The molecule has 0 heterocycles. The van der Waals surface area contributed by atoms with Crippen molar-refractivity contribution in [3.63, 3.8) is 0 Å². The van der Waals surface area contributed by atoms with Gasteiger partial charge in [-0.05, 0) is 26.2 Å². The van der Waals surface area contributed by atoms with Gasteiger partial charge in [-0.3, -0.25) is 0 Å². The molecule has 16 heavy (non-hydrogen) atoms. The summed E-state index contributed by atoms with van der Waals surface area (Å²) in [6, 6.07) is 5.38. The van der Waals surface area contributed by atoms with Gasteiger partial charge in [0, 0.05) is 0 Å². The van der Waals surface area contributed by atoms with Crippen molar-refractivity contribution in [1.29, 1.82) is 0 Å². The standard InChI is InChI=1S/C8H12N2O4S2/c1-9-15(11,12)7-5-3-4-6-8(7)16(13,14)10-2/h3-6,9-10H,1-2H3. The average molecular weight is 264 g/mol. The molecule has 0 radical (unpaired) electrons. The van der Waals surface area contributed by atoms with Gasteiger partial charge in [0.1, 0.15) is 9.79 Å². The molecule has 1 aromatic carbocycles. The molecule has 6 nitrogen and oxygen atoms in total. The van der Waals surface area contributed by atoms with Crippen LogP contribution in [0.1, 0.15) is 0 Å². The monoisotopic (exact) mass is 264 g/mol. The maximum Gasteiger partial charge on any atom is 0.241 e. The van der Waals surface area contributed by atoms with E-state index in [9.17, 15) is 16.8 Å². The van der Waals surface area contributed by atoms with Crippen molar-refractivity contribution in [2.24, 2.45) is 0 Å². The van der Waals surface area contributed by atoms with E-state index >= 15 is 0 Å². The Morgan fingerprint density at radius 3 is 1.38 bits per heavy atom. The van der Waals surface area contributed by atoms with Crippen LogP contribution in [-0.2, 0) is 20.0 Å². The van der Waals surface area contributed by atoms with Crippen LogP contribution >= 0.6 is 0 Å². The van der Waals surface area contributed by atoms with E-state index in [0.29, 0.717) is 0 Å². The Morgan fingerprint density at radius 2 is 1.12 bits per heavy atom. The van der Waals surface area contributed by atoms with Gasteiger partial charge in [-0.25, -0.2) is 26.3 Å². The summed E-state index contributed by atoms with van der Waals surface area (Å²) in [7, 11) is -5.14. The summed E-state index contributed by atoms with van der Waals surface area (Å²) >= 11 is 0. The minimum absolute atomic E-state index is 0.271. The van der Waals surface area contributed by atoms with Crippen LogP contribution in [-0.4, -0.2) is 30.9 Å². The van der Waals surface area contributed by atoms with Crippen LogP contribution in [0.3, 0.4) is 0 Å². The van der Waals surface area contributed by atoms with E-state index in [1.165, 1.54) is 38.4 Å². The Balaban J connectivity index is 3.57. The molecule has 2 N–H and O–H groups in total. The maximum atomic E-state index is 11.6. The molecule has 0 aliphatic carbocycles. The molecule has 1 aromatic rings. The average Bonchev–Trinajstić information content (AvgIpc) is 2.29. The van der Waals surface area contributed by atoms with E-state index < -0.39 is 20.0 Å². The fraction of sp³-hybridized carbons (Fsp3) is 0.250. The lowest BCUT2D eigenvalue weighted by Gasteiger charge is -2.09. The van der Waals surface area contributed by atoms with Crippen LogP contribution in [0.25, 0.3) is 0 Å². The molecule has 0 aliphatic rings. The molecule has 0 saturated heterocycles. The Bertz CT molecular complexity index is 525. The smallest absolute Gasteiger partial charge is 0.214 e. The Morgan fingerprint density at radius 1 is 0.812 bits per heavy atom. The molecule has 0 atom stereocenters. The van der Waals surface area contributed by atoms with Gasteiger partial charge < -0.3 is 0 Å². The van der Waals surface area contributed by atoms with Gasteiger partial charge in [-0.15, -0.1) is 0 Å². The molecule has 0 bridgehead atoms. The van der Waals surface area contributed by atoms with E-state index in [-0.39, 0.29) is 9.79 Å². The normalized spacial score (nSPS) is 12.6. The summed E-state index contributed by atoms with van der Waals surface area (Å²) < 4.78 is 50.5. The maximum absolute atomic E-state index is 11.6. The molecule has 0 amide bonds. The largest absolute Gasteiger partial charge is 0.241 e. The van der Waals surface area contributed by atoms with Gasteiger partial charge in [-0.1, -0.05) is 12.1 Å². The zero-order valence-corrected chi connectivity index (χ0v) is 10.4. The van der Waals surface area contributed by atoms with Crippen LogP contribution in [0.5, 0.6) is 0 Å². The van der Waals surface area contributed by atoms with Crippen LogP contribution in [0.4, 0.5) is 0 Å². The summed E-state index contributed by atoms with van der Waals surface area (Å²) in [5.41, 5.74) is 0. The van der Waals surface area contributed by atoms with Crippen LogP contribution in [0.2, 0.25) is 0 Å². The first-order valence-electron chi connectivity index (χ1n) is 4.31. The van der Waals surface area contributed by atoms with Crippen LogP contribution < -0.4 is 9.44 Å². The second-order valence-electron chi connectivity index (χ2n) is 2.86. The van der Waals surface area contributed by atoms with Crippen molar-refractivity contribution in [1.82, 2.24) is 9.44 Å². The highest BCUT2D eigenvalue weighted by molar-refractivity contribution is 7.92. The predicted octanol–water partition coefficient (Wildman–Crippen LogP) is -0.497. The molecule has 8 heteroatoms. The molecule has 0 aliphatic heterocycles. The summed E-state index contributed by atoms with van der Waals surface area (Å²) in [6.07, 6.45) is 0. The summed E-state index contributed by atoms with van der Waals surface area (Å²) in [4.78, 5) is -0.543. The molecule has 0 unspecified atom stereocenters. The Kier molecular flexibility index (Phi) is 3.68. The van der Waals surface area contributed by atoms with Gasteiger partial charge in [0.25, 0.3) is 0 Å². The minimum Gasteiger partial charge on any atom is -0.214 e.